The normalized spacial score (nSPS) is 23.5. The van der Waals surface area contributed by atoms with Crippen molar-refractivity contribution in [3.8, 4) is 0 Å². The zero-order valence-electron chi connectivity index (χ0n) is 15.7. The van der Waals surface area contributed by atoms with Crippen molar-refractivity contribution in [1.82, 2.24) is 9.21 Å². The van der Waals surface area contributed by atoms with Crippen molar-refractivity contribution in [2.75, 3.05) is 19.6 Å². The monoisotopic (exact) mass is 390 g/mol. The van der Waals surface area contributed by atoms with Crippen LogP contribution in [0.15, 0.2) is 23.1 Å². The van der Waals surface area contributed by atoms with Crippen LogP contribution in [0.25, 0.3) is 0 Å². The van der Waals surface area contributed by atoms with Crippen LogP contribution in [0.1, 0.15) is 72.6 Å². The second-order valence-electron chi connectivity index (χ2n) is 8.04. The molecule has 2 amide bonds. The summed E-state index contributed by atoms with van der Waals surface area (Å²) < 4.78 is 26.0. The molecule has 2 heterocycles. The number of carbonyl (C=O) groups is 2. The number of hydrogen-bond donors (Lipinski definition) is 0. The van der Waals surface area contributed by atoms with E-state index < -0.39 is 15.9 Å². The smallest absolute Gasteiger partial charge is 0.268 e. The lowest BCUT2D eigenvalue weighted by atomic mass is 9.68. The van der Waals surface area contributed by atoms with Gasteiger partial charge in [-0.05, 0) is 56.2 Å². The Morgan fingerprint density at radius 1 is 1.07 bits per heavy atom. The Morgan fingerprint density at radius 3 is 2.37 bits per heavy atom. The molecule has 4 rings (SSSR count). The molecule has 0 radical (unpaired) electrons. The highest BCUT2D eigenvalue weighted by molar-refractivity contribution is 7.90. The molecule has 1 aliphatic carbocycles. The van der Waals surface area contributed by atoms with E-state index in [0.29, 0.717) is 11.0 Å². The Bertz CT molecular complexity index is 877. The van der Waals surface area contributed by atoms with Crippen LogP contribution in [0.4, 0.5) is 0 Å². The van der Waals surface area contributed by atoms with E-state index in [4.69, 9.17) is 0 Å². The number of likely N-dealkylation sites (tertiary alicyclic amines) is 1. The van der Waals surface area contributed by atoms with Crippen molar-refractivity contribution < 1.29 is 18.0 Å². The van der Waals surface area contributed by atoms with Crippen LogP contribution in [0.5, 0.6) is 0 Å². The van der Waals surface area contributed by atoms with Crippen molar-refractivity contribution in [3.63, 3.8) is 0 Å². The molecule has 7 heteroatoms. The first-order valence-electron chi connectivity index (χ1n) is 9.88. The summed E-state index contributed by atoms with van der Waals surface area (Å²) in [6.45, 7) is 3.17. The summed E-state index contributed by atoms with van der Waals surface area (Å²) in [6, 6.07) is 4.44. The number of rotatable bonds is 2. The molecule has 1 spiro atoms. The molecule has 2 fully saturated rings. The molecule has 1 aromatic rings. The van der Waals surface area contributed by atoms with Gasteiger partial charge in [-0.1, -0.05) is 19.3 Å². The Balaban J connectivity index is 1.54. The average Bonchev–Trinajstić information content (AvgIpc) is 2.87. The summed E-state index contributed by atoms with van der Waals surface area (Å²) >= 11 is 0. The molecule has 0 aromatic heterocycles. The third-order valence-electron chi connectivity index (χ3n) is 6.57. The Morgan fingerprint density at radius 2 is 1.74 bits per heavy atom. The average molecular weight is 391 g/mol. The lowest BCUT2D eigenvalue weighted by Gasteiger charge is -2.44. The Hall–Kier alpha value is -1.89. The third-order valence-corrected chi connectivity index (χ3v) is 8.46. The van der Waals surface area contributed by atoms with Gasteiger partial charge in [-0.2, -0.15) is 0 Å². The summed E-state index contributed by atoms with van der Waals surface area (Å²) in [4.78, 5) is 27.0. The molecule has 27 heavy (non-hydrogen) atoms. The third kappa shape index (κ3) is 2.96. The molecule has 1 saturated heterocycles. The number of piperidine rings is 1. The number of sulfonamides is 1. The first-order chi connectivity index (χ1) is 12.9. The minimum Gasteiger partial charge on any atom is -0.339 e. The molecule has 146 valence electrons. The van der Waals surface area contributed by atoms with Crippen LogP contribution in [0.3, 0.4) is 0 Å². The van der Waals surface area contributed by atoms with Gasteiger partial charge in [0.05, 0.1) is 5.56 Å². The molecule has 0 N–H and O–H groups in total. The highest BCUT2D eigenvalue weighted by Gasteiger charge is 2.41. The van der Waals surface area contributed by atoms with E-state index in [1.165, 1.54) is 44.2 Å². The molecule has 3 aliphatic rings. The molecule has 0 unspecified atom stereocenters. The first kappa shape index (κ1) is 18.5. The molecular weight excluding hydrogens is 364 g/mol. The fourth-order valence-corrected chi connectivity index (χ4v) is 6.49. The second kappa shape index (κ2) is 6.62. The maximum atomic E-state index is 12.9. The van der Waals surface area contributed by atoms with Crippen molar-refractivity contribution in [2.45, 2.75) is 56.8 Å². The van der Waals surface area contributed by atoms with Gasteiger partial charge in [0.2, 0.25) is 0 Å². The Kier molecular flexibility index (Phi) is 4.53. The second-order valence-corrected chi connectivity index (χ2v) is 9.87. The maximum absolute atomic E-state index is 12.9. The highest BCUT2D eigenvalue weighted by Crippen LogP contribution is 2.44. The highest BCUT2D eigenvalue weighted by atomic mass is 32.2. The summed E-state index contributed by atoms with van der Waals surface area (Å²) in [7, 11) is -3.84. The van der Waals surface area contributed by atoms with Crippen molar-refractivity contribution in [3.05, 3.63) is 29.3 Å². The Labute approximate surface area is 160 Å². The standard InChI is InChI=1S/C20H26N2O4S/c1-2-22-19(24)16-7-6-15(14-17(16)27(22,25)26)18(23)21-12-10-20(11-13-21)8-4-3-5-9-20/h6-7,14H,2-5,8-13H2,1H3. The zero-order valence-corrected chi connectivity index (χ0v) is 16.6. The van der Waals surface area contributed by atoms with E-state index in [-0.39, 0.29) is 22.9 Å². The van der Waals surface area contributed by atoms with Crippen LogP contribution in [-0.2, 0) is 10.0 Å². The fourth-order valence-electron chi connectivity index (χ4n) is 4.89. The summed E-state index contributed by atoms with van der Waals surface area (Å²) in [5.41, 5.74) is 0.917. The molecule has 2 aliphatic heterocycles. The van der Waals surface area contributed by atoms with Crippen LogP contribution >= 0.6 is 0 Å². The molecule has 1 saturated carbocycles. The number of nitrogens with zero attached hydrogens (tertiary/aromatic N) is 2. The van der Waals surface area contributed by atoms with Gasteiger partial charge in [0.15, 0.2) is 0 Å². The quantitative estimate of drug-likeness (QED) is 0.778. The van der Waals surface area contributed by atoms with Crippen molar-refractivity contribution >= 4 is 21.8 Å². The van der Waals surface area contributed by atoms with E-state index >= 15 is 0 Å². The van der Waals surface area contributed by atoms with E-state index in [0.717, 1.165) is 30.2 Å². The SMILES string of the molecule is CCN1C(=O)c2ccc(C(=O)N3CCC4(CCCCC4)CC3)cc2S1(=O)=O. The van der Waals surface area contributed by atoms with Crippen molar-refractivity contribution in [2.24, 2.45) is 5.41 Å². The lowest BCUT2D eigenvalue weighted by molar-refractivity contribution is 0.0471. The van der Waals surface area contributed by atoms with Gasteiger partial charge in [0, 0.05) is 25.2 Å². The topological polar surface area (TPSA) is 74.8 Å². The van der Waals surface area contributed by atoms with Gasteiger partial charge in [-0.15, -0.1) is 0 Å². The van der Waals surface area contributed by atoms with Crippen molar-refractivity contribution in [1.29, 1.82) is 0 Å². The van der Waals surface area contributed by atoms with E-state index in [1.54, 1.807) is 13.0 Å². The molecule has 0 atom stereocenters. The number of hydrogen-bond acceptors (Lipinski definition) is 4. The molecular formula is C20H26N2O4S. The van der Waals surface area contributed by atoms with E-state index in [2.05, 4.69) is 0 Å². The van der Waals surface area contributed by atoms with Crippen LogP contribution < -0.4 is 0 Å². The van der Waals surface area contributed by atoms with Crippen LogP contribution in [0, 0.1) is 5.41 Å². The molecule has 0 bridgehead atoms. The van der Waals surface area contributed by atoms with E-state index in [1.807, 2.05) is 4.90 Å². The summed E-state index contributed by atoms with van der Waals surface area (Å²) in [6.07, 6.45) is 8.50. The zero-order chi connectivity index (χ0) is 19.2. The minimum absolute atomic E-state index is 0.0408. The number of carbonyl (C=O) groups excluding carboxylic acids is 2. The summed E-state index contributed by atoms with van der Waals surface area (Å²) in [5, 5.41) is 0. The lowest BCUT2D eigenvalue weighted by Crippen LogP contribution is -2.43. The number of amides is 2. The predicted molar refractivity (Wildman–Crippen MR) is 101 cm³/mol. The maximum Gasteiger partial charge on any atom is 0.268 e. The van der Waals surface area contributed by atoms with Gasteiger partial charge in [0.25, 0.3) is 21.8 Å². The van der Waals surface area contributed by atoms with Gasteiger partial charge in [-0.25, -0.2) is 12.7 Å². The van der Waals surface area contributed by atoms with Gasteiger partial charge < -0.3 is 4.90 Å². The minimum atomic E-state index is -3.84. The number of fused-ring (bicyclic) bond motifs is 1. The van der Waals surface area contributed by atoms with Gasteiger partial charge >= 0.3 is 0 Å². The van der Waals surface area contributed by atoms with Gasteiger partial charge in [0.1, 0.15) is 4.90 Å². The molecule has 6 nitrogen and oxygen atoms in total. The number of benzene rings is 1. The first-order valence-corrected chi connectivity index (χ1v) is 11.3. The van der Waals surface area contributed by atoms with Gasteiger partial charge in [-0.3, -0.25) is 9.59 Å². The predicted octanol–water partition coefficient (Wildman–Crippen LogP) is 3.04. The molecule has 1 aromatic carbocycles. The largest absolute Gasteiger partial charge is 0.339 e. The van der Waals surface area contributed by atoms with Crippen LogP contribution in [-0.4, -0.2) is 49.1 Å². The van der Waals surface area contributed by atoms with Crippen LogP contribution in [0.2, 0.25) is 0 Å². The fraction of sp³-hybridized carbons (Fsp3) is 0.600. The van der Waals surface area contributed by atoms with E-state index in [9.17, 15) is 18.0 Å². The summed E-state index contributed by atoms with van der Waals surface area (Å²) in [5.74, 6) is -0.648.